The van der Waals surface area contributed by atoms with Crippen LogP contribution in [-0.2, 0) is 0 Å². The molecule has 0 N–H and O–H groups in total. The van der Waals surface area contributed by atoms with E-state index < -0.39 is 0 Å². The van der Waals surface area contributed by atoms with E-state index in [0.717, 1.165) is 17.9 Å². The molecule has 1 nitrogen and oxygen atoms in total. The van der Waals surface area contributed by atoms with Crippen LogP contribution in [0.1, 0.15) is 50.5 Å². The molecule has 0 spiro atoms. The molecular formula is C17H25N. The predicted octanol–water partition coefficient (Wildman–Crippen LogP) is 4.05. The van der Waals surface area contributed by atoms with Crippen molar-refractivity contribution in [1.29, 1.82) is 0 Å². The zero-order valence-corrected chi connectivity index (χ0v) is 11.5. The summed E-state index contributed by atoms with van der Waals surface area (Å²) in [6, 6.07) is 11.9. The normalized spacial score (nSPS) is 27.7. The molecule has 1 aliphatic heterocycles. The molecule has 2 unspecified atom stereocenters. The average Bonchev–Trinajstić information content (AvgIpc) is 3.10. The Morgan fingerprint density at radius 3 is 2.50 bits per heavy atom. The van der Waals surface area contributed by atoms with Gasteiger partial charge in [0.1, 0.15) is 0 Å². The van der Waals surface area contributed by atoms with E-state index in [9.17, 15) is 0 Å². The highest BCUT2D eigenvalue weighted by Gasteiger charge is 2.31. The van der Waals surface area contributed by atoms with Gasteiger partial charge in [0, 0.05) is 12.6 Å². The molecule has 1 aromatic rings. The topological polar surface area (TPSA) is 3.24 Å². The summed E-state index contributed by atoms with van der Waals surface area (Å²) in [4.78, 5) is 2.74. The standard InChI is InChI=1S/C17H25N/c1-14(15-7-5-6-8-15)18-12-11-17(13-18)16-9-3-2-4-10-16/h2-4,9-10,14-15,17H,5-8,11-13H2,1H3. The number of likely N-dealkylation sites (tertiary alicyclic amines) is 1. The van der Waals surface area contributed by atoms with Crippen molar-refractivity contribution in [1.82, 2.24) is 4.90 Å². The molecule has 2 atom stereocenters. The van der Waals surface area contributed by atoms with Gasteiger partial charge in [-0.05, 0) is 50.1 Å². The van der Waals surface area contributed by atoms with Crippen LogP contribution < -0.4 is 0 Å². The van der Waals surface area contributed by atoms with Gasteiger partial charge in [0.25, 0.3) is 0 Å². The molecule has 1 heterocycles. The lowest BCUT2D eigenvalue weighted by Gasteiger charge is -2.29. The van der Waals surface area contributed by atoms with Crippen LogP contribution in [-0.4, -0.2) is 24.0 Å². The van der Waals surface area contributed by atoms with E-state index in [0.29, 0.717) is 0 Å². The first kappa shape index (κ1) is 12.2. The van der Waals surface area contributed by atoms with Gasteiger partial charge in [-0.3, -0.25) is 4.90 Å². The molecule has 0 radical (unpaired) electrons. The van der Waals surface area contributed by atoms with Crippen LogP contribution in [0.4, 0.5) is 0 Å². The van der Waals surface area contributed by atoms with Crippen molar-refractivity contribution in [3.05, 3.63) is 35.9 Å². The lowest BCUT2D eigenvalue weighted by molar-refractivity contribution is 0.189. The van der Waals surface area contributed by atoms with Crippen molar-refractivity contribution < 1.29 is 0 Å². The lowest BCUT2D eigenvalue weighted by Crippen LogP contribution is -2.35. The van der Waals surface area contributed by atoms with Gasteiger partial charge in [0.2, 0.25) is 0 Å². The summed E-state index contributed by atoms with van der Waals surface area (Å²) in [7, 11) is 0. The molecule has 0 amide bonds. The minimum absolute atomic E-state index is 0.773. The van der Waals surface area contributed by atoms with Gasteiger partial charge in [-0.2, -0.15) is 0 Å². The molecular weight excluding hydrogens is 218 g/mol. The van der Waals surface area contributed by atoms with E-state index in [1.165, 1.54) is 45.2 Å². The fraction of sp³-hybridized carbons (Fsp3) is 0.647. The molecule has 2 aliphatic rings. The Labute approximate surface area is 111 Å². The van der Waals surface area contributed by atoms with Crippen molar-refractivity contribution in [2.24, 2.45) is 5.92 Å². The molecule has 1 saturated heterocycles. The first-order valence-electron chi connectivity index (χ1n) is 7.63. The predicted molar refractivity (Wildman–Crippen MR) is 76.8 cm³/mol. The summed E-state index contributed by atoms with van der Waals surface area (Å²) in [5, 5.41) is 0. The van der Waals surface area contributed by atoms with E-state index in [2.05, 4.69) is 42.2 Å². The third-order valence-electron chi connectivity index (χ3n) is 5.15. The van der Waals surface area contributed by atoms with E-state index in [-0.39, 0.29) is 0 Å². The summed E-state index contributed by atoms with van der Waals surface area (Å²) < 4.78 is 0. The van der Waals surface area contributed by atoms with Crippen LogP contribution in [0.3, 0.4) is 0 Å². The fourth-order valence-corrected chi connectivity index (χ4v) is 3.89. The van der Waals surface area contributed by atoms with Gasteiger partial charge in [0.15, 0.2) is 0 Å². The highest BCUT2D eigenvalue weighted by Crippen LogP contribution is 2.34. The monoisotopic (exact) mass is 243 g/mol. The molecule has 1 aliphatic carbocycles. The highest BCUT2D eigenvalue weighted by molar-refractivity contribution is 5.21. The second-order valence-electron chi connectivity index (χ2n) is 6.18. The van der Waals surface area contributed by atoms with Crippen molar-refractivity contribution in [2.45, 2.75) is 51.0 Å². The zero-order chi connectivity index (χ0) is 12.4. The molecule has 98 valence electrons. The molecule has 0 bridgehead atoms. The molecule has 0 aromatic heterocycles. The molecule has 1 heteroatoms. The summed E-state index contributed by atoms with van der Waals surface area (Å²) >= 11 is 0. The summed E-state index contributed by atoms with van der Waals surface area (Å²) in [6.45, 7) is 5.04. The summed E-state index contributed by atoms with van der Waals surface area (Å²) in [5.74, 6) is 1.74. The average molecular weight is 243 g/mol. The van der Waals surface area contributed by atoms with Crippen molar-refractivity contribution >= 4 is 0 Å². The van der Waals surface area contributed by atoms with Crippen LogP contribution in [0.2, 0.25) is 0 Å². The van der Waals surface area contributed by atoms with Crippen LogP contribution in [0.25, 0.3) is 0 Å². The van der Waals surface area contributed by atoms with E-state index in [1.807, 2.05) is 0 Å². The summed E-state index contributed by atoms with van der Waals surface area (Å²) in [5.41, 5.74) is 1.54. The Morgan fingerprint density at radius 1 is 1.06 bits per heavy atom. The smallest absolute Gasteiger partial charge is 0.00954 e. The summed E-state index contributed by atoms with van der Waals surface area (Å²) in [6.07, 6.45) is 7.21. The van der Waals surface area contributed by atoms with Gasteiger partial charge in [-0.1, -0.05) is 43.2 Å². The second kappa shape index (κ2) is 5.44. The molecule has 18 heavy (non-hydrogen) atoms. The van der Waals surface area contributed by atoms with Crippen LogP contribution in [0, 0.1) is 5.92 Å². The SMILES string of the molecule is CC(C1CCCC1)N1CCC(c2ccccc2)C1. The van der Waals surface area contributed by atoms with Gasteiger partial charge < -0.3 is 0 Å². The maximum absolute atomic E-state index is 2.74. The second-order valence-corrected chi connectivity index (χ2v) is 6.18. The number of hydrogen-bond acceptors (Lipinski definition) is 1. The fourth-order valence-electron chi connectivity index (χ4n) is 3.89. The number of hydrogen-bond donors (Lipinski definition) is 0. The Kier molecular flexibility index (Phi) is 3.69. The van der Waals surface area contributed by atoms with Crippen LogP contribution >= 0.6 is 0 Å². The number of rotatable bonds is 3. The maximum Gasteiger partial charge on any atom is 0.00954 e. The quantitative estimate of drug-likeness (QED) is 0.774. The number of nitrogens with zero attached hydrogens (tertiary/aromatic N) is 1. The van der Waals surface area contributed by atoms with Crippen molar-refractivity contribution in [2.75, 3.05) is 13.1 Å². The Morgan fingerprint density at radius 2 is 1.78 bits per heavy atom. The van der Waals surface area contributed by atoms with Crippen LogP contribution in [0.5, 0.6) is 0 Å². The molecule has 3 rings (SSSR count). The molecule has 1 saturated carbocycles. The Balaban J connectivity index is 1.61. The first-order chi connectivity index (χ1) is 8.84. The highest BCUT2D eigenvalue weighted by atomic mass is 15.2. The Bertz CT molecular complexity index is 366. The van der Waals surface area contributed by atoms with Crippen molar-refractivity contribution in [3.8, 4) is 0 Å². The third-order valence-corrected chi connectivity index (χ3v) is 5.15. The van der Waals surface area contributed by atoms with Gasteiger partial charge in [-0.25, -0.2) is 0 Å². The van der Waals surface area contributed by atoms with E-state index >= 15 is 0 Å². The first-order valence-corrected chi connectivity index (χ1v) is 7.63. The van der Waals surface area contributed by atoms with E-state index in [4.69, 9.17) is 0 Å². The van der Waals surface area contributed by atoms with Gasteiger partial charge in [0.05, 0.1) is 0 Å². The molecule has 1 aromatic carbocycles. The minimum Gasteiger partial charge on any atom is -0.300 e. The molecule has 2 fully saturated rings. The van der Waals surface area contributed by atoms with Crippen LogP contribution in [0.15, 0.2) is 30.3 Å². The van der Waals surface area contributed by atoms with Gasteiger partial charge in [-0.15, -0.1) is 0 Å². The minimum atomic E-state index is 0.773. The maximum atomic E-state index is 2.74. The number of benzene rings is 1. The van der Waals surface area contributed by atoms with Crippen molar-refractivity contribution in [3.63, 3.8) is 0 Å². The third kappa shape index (κ3) is 2.47. The lowest BCUT2D eigenvalue weighted by atomic mass is 9.97. The largest absolute Gasteiger partial charge is 0.300 e. The van der Waals surface area contributed by atoms with E-state index in [1.54, 1.807) is 5.56 Å². The van der Waals surface area contributed by atoms with Gasteiger partial charge >= 0.3 is 0 Å². The Hall–Kier alpha value is -0.820. The zero-order valence-electron chi connectivity index (χ0n) is 11.5.